The largest absolute Gasteiger partial charge is 0.368 e. The minimum atomic E-state index is 0.355. The van der Waals surface area contributed by atoms with Crippen molar-refractivity contribution in [3.8, 4) is 0 Å². The van der Waals surface area contributed by atoms with Crippen molar-refractivity contribution in [2.24, 2.45) is 23.2 Å². The molecule has 4 aliphatic carbocycles. The van der Waals surface area contributed by atoms with Crippen LogP contribution in [0.25, 0.3) is 0 Å². The third-order valence-corrected chi connectivity index (χ3v) is 5.79. The van der Waals surface area contributed by atoms with Crippen LogP contribution in [0.4, 0.5) is 11.9 Å². The molecule has 0 aliphatic heterocycles. The summed E-state index contributed by atoms with van der Waals surface area (Å²) < 4.78 is 0. The molecule has 0 aromatic carbocycles. The second-order valence-corrected chi connectivity index (χ2v) is 7.90. The van der Waals surface area contributed by atoms with E-state index >= 15 is 0 Å². The molecule has 0 atom stereocenters. The van der Waals surface area contributed by atoms with Gasteiger partial charge in [0.25, 0.3) is 0 Å². The van der Waals surface area contributed by atoms with Crippen molar-refractivity contribution in [1.82, 2.24) is 15.0 Å². The predicted molar refractivity (Wildman–Crippen MR) is 82.9 cm³/mol. The molecule has 4 aliphatic rings. The highest BCUT2D eigenvalue weighted by atomic mass is 15.3. The molecule has 4 bridgehead atoms. The molecule has 0 saturated heterocycles. The van der Waals surface area contributed by atoms with E-state index in [0.29, 0.717) is 17.3 Å². The van der Waals surface area contributed by atoms with Crippen molar-refractivity contribution in [2.45, 2.75) is 44.9 Å². The first kappa shape index (κ1) is 13.3. The van der Waals surface area contributed by atoms with Gasteiger partial charge in [0, 0.05) is 20.5 Å². The van der Waals surface area contributed by atoms with Gasteiger partial charge in [-0.05, 0) is 61.7 Å². The molecule has 114 valence electrons. The first-order chi connectivity index (χ1) is 10.0. The molecule has 5 rings (SSSR count). The van der Waals surface area contributed by atoms with Crippen LogP contribution in [0.15, 0.2) is 0 Å². The number of hydrogen-bond acceptors (Lipinski definition) is 5. The van der Waals surface area contributed by atoms with Gasteiger partial charge in [0.15, 0.2) is 0 Å². The van der Waals surface area contributed by atoms with E-state index in [1.165, 1.54) is 38.5 Å². The highest BCUT2D eigenvalue weighted by Crippen LogP contribution is 2.60. The fourth-order valence-corrected chi connectivity index (χ4v) is 5.55. The van der Waals surface area contributed by atoms with Crippen LogP contribution < -0.4 is 10.6 Å². The summed E-state index contributed by atoms with van der Waals surface area (Å²) in [5.74, 6) is 4.82. The van der Waals surface area contributed by atoms with E-state index in [-0.39, 0.29) is 0 Å². The minimum Gasteiger partial charge on any atom is -0.368 e. The molecule has 2 N–H and O–H groups in total. The summed E-state index contributed by atoms with van der Waals surface area (Å²) >= 11 is 0. The number of rotatable bonds is 3. The molecular weight excluding hydrogens is 262 g/mol. The Morgan fingerprint density at radius 3 is 2.10 bits per heavy atom. The number of hydrogen-bond donors (Lipinski definition) is 1. The third-order valence-electron chi connectivity index (χ3n) is 5.79. The number of anilines is 2. The van der Waals surface area contributed by atoms with Gasteiger partial charge in [-0.15, -0.1) is 0 Å². The van der Waals surface area contributed by atoms with E-state index in [0.717, 1.165) is 30.0 Å². The van der Waals surface area contributed by atoms with Gasteiger partial charge in [-0.2, -0.15) is 15.0 Å². The van der Waals surface area contributed by atoms with Gasteiger partial charge < -0.3 is 10.6 Å². The summed E-state index contributed by atoms with van der Waals surface area (Å²) in [4.78, 5) is 15.2. The molecule has 4 saturated carbocycles. The maximum absolute atomic E-state index is 5.88. The summed E-state index contributed by atoms with van der Waals surface area (Å²) in [6, 6.07) is 0. The maximum atomic E-state index is 5.88. The van der Waals surface area contributed by atoms with E-state index in [1.54, 1.807) is 0 Å². The van der Waals surface area contributed by atoms with Crippen molar-refractivity contribution < 1.29 is 0 Å². The molecule has 21 heavy (non-hydrogen) atoms. The molecular formula is C16H25N5. The lowest BCUT2D eigenvalue weighted by atomic mass is 9.49. The lowest BCUT2D eigenvalue weighted by molar-refractivity contribution is -0.0531. The smallest absolute Gasteiger partial charge is 0.229 e. The molecule has 0 spiro atoms. The van der Waals surface area contributed by atoms with Crippen LogP contribution >= 0.6 is 0 Å². The van der Waals surface area contributed by atoms with Crippen LogP contribution in [0.1, 0.15) is 44.3 Å². The fraction of sp³-hybridized carbons (Fsp3) is 0.812. The summed E-state index contributed by atoms with van der Waals surface area (Å²) in [5, 5.41) is 0. The molecule has 5 nitrogen and oxygen atoms in total. The summed E-state index contributed by atoms with van der Waals surface area (Å²) in [7, 11) is 3.90. The van der Waals surface area contributed by atoms with E-state index in [1.807, 2.05) is 19.0 Å². The fourth-order valence-electron chi connectivity index (χ4n) is 5.55. The Balaban J connectivity index is 1.61. The molecule has 0 radical (unpaired) electrons. The Morgan fingerprint density at radius 1 is 1.00 bits per heavy atom. The zero-order valence-corrected chi connectivity index (χ0v) is 13.0. The molecule has 0 amide bonds. The average Bonchev–Trinajstić information content (AvgIpc) is 2.35. The van der Waals surface area contributed by atoms with E-state index in [9.17, 15) is 0 Å². The highest BCUT2D eigenvalue weighted by Gasteiger charge is 2.51. The third kappa shape index (κ3) is 2.36. The summed E-state index contributed by atoms with van der Waals surface area (Å²) in [5.41, 5.74) is 6.33. The minimum absolute atomic E-state index is 0.355. The standard InChI is InChI=1S/C16H25N5/c1-21(2)15-19-13(18-14(17)20-15)9-16-6-10-3-11(7-16)5-12(4-10)8-16/h10-12H,3-9H2,1-2H3,(H2,17,18,19,20). The van der Waals surface area contributed by atoms with Gasteiger partial charge in [-0.3, -0.25) is 0 Å². The number of aromatic nitrogens is 3. The average molecular weight is 287 g/mol. The summed E-state index contributed by atoms with van der Waals surface area (Å²) in [6.07, 6.45) is 9.54. The first-order valence-corrected chi connectivity index (χ1v) is 8.19. The van der Waals surface area contributed by atoms with Gasteiger partial charge in [0.1, 0.15) is 5.82 Å². The molecule has 4 fully saturated rings. The van der Waals surface area contributed by atoms with Crippen molar-refractivity contribution in [2.75, 3.05) is 24.7 Å². The zero-order chi connectivity index (χ0) is 14.6. The topological polar surface area (TPSA) is 67.9 Å². The van der Waals surface area contributed by atoms with Crippen LogP contribution in [0.3, 0.4) is 0 Å². The van der Waals surface area contributed by atoms with Gasteiger partial charge in [-0.25, -0.2) is 0 Å². The SMILES string of the molecule is CN(C)c1nc(N)nc(CC23CC4CC(CC(C4)C2)C3)n1. The molecule has 5 heteroatoms. The Labute approximate surface area is 126 Å². The quantitative estimate of drug-likeness (QED) is 0.923. The number of nitrogens with zero attached hydrogens (tertiary/aromatic N) is 4. The highest BCUT2D eigenvalue weighted by molar-refractivity contribution is 5.32. The van der Waals surface area contributed by atoms with Gasteiger partial charge in [-0.1, -0.05) is 0 Å². The van der Waals surface area contributed by atoms with Crippen molar-refractivity contribution >= 4 is 11.9 Å². The second-order valence-electron chi connectivity index (χ2n) is 7.90. The van der Waals surface area contributed by atoms with Crippen LogP contribution in [-0.2, 0) is 6.42 Å². The lowest BCUT2D eigenvalue weighted by Gasteiger charge is -2.56. The Bertz CT molecular complexity index is 518. The Kier molecular flexibility index (Phi) is 2.88. The Hall–Kier alpha value is -1.39. The van der Waals surface area contributed by atoms with Crippen LogP contribution in [0.2, 0.25) is 0 Å². The van der Waals surface area contributed by atoms with E-state index in [2.05, 4.69) is 15.0 Å². The predicted octanol–water partition coefficient (Wildman–Crippen LogP) is 2.28. The van der Waals surface area contributed by atoms with Crippen molar-refractivity contribution in [3.63, 3.8) is 0 Å². The van der Waals surface area contributed by atoms with Gasteiger partial charge in [0.05, 0.1) is 0 Å². The first-order valence-electron chi connectivity index (χ1n) is 8.19. The van der Waals surface area contributed by atoms with Gasteiger partial charge >= 0.3 is 0 Å². The van der Waals surface area contributed by atoms with Crippen LogP contribution in [0, 0.1) is 23.2 Å². The molecule has 1 aromatic rings. The van der Waals surface area contributed by atoms with Crippen LogP contribution in [0.5, 0.6) is 0 Å². The molecule has 1 heterocycles. The van der Waals surface area contributed by atoms with Crippen molar-refractivity contribution in [1.29, 1.82) is 0 Å². The molecule has 1 aromatic heterocycles. The van der Waals surface area contributed by atoms with Gasteiger partial charge in [0.2, 0.25) is 11.9 Å². The van der Waals surface area contributed by atoms with Crippen molar-refractivity contribution in [3.05, 3.63) is 5.82 Å². The molecule has 0 unspecified atom stereocenters. The van der Waals surface area contributed by atoms with Crippen LogP contribution in [-0.4, -0.2) is 29.0 Å². The number of nitrogens with two attached hydrogens (primary N) is 1. The maximum Gasteiger partial charge on any atom is 0.229 e. The monoisotopic (exact) mass is 287 g/mol. The zero-order valence-electron chi connectivity index (χ0n) is 13.0. The van der Waals surface area contributed by atoms with E-state index < -0.39 is 0 Å². The normalized spacial score (nSPS) is 37.0. The number of nitrogen functional groups attached to an aromatic ring is 1. The summed E-state index contributed by atoms with van der Waals surface area (Å²) in [6.45, 7) is 0. The van der Waals surface area contributed by atoms with E-state index in [4.69, 9.17) is 5.73 Å². The lowest BCUT2D eigenvalue weighted by Crippen LogP contribution is -2.47. The second kappa shape index (κ2) is 4.55. The Morgan fingerprint density at radius 2 is 1.57 bits per heavy atom.